The summed E-state index contributed by atoms with van der Waals surface area (Å²) in [5, 5.41) is 0. The van der Waals surface area contributed by atoms with E-state index in [1.165, 1.54) is 102 Å². The molecular weight excluding hydrogens is 282 g/mol. The van der Waals surface area contributed by atoms with Gasteiger partial charge in [-0.25, -0.2) is 0 Å². The summed E-state index contributed by atoms with van der Waals surface area (Å²) in [5.74, 6) is 0. The Bertz CT molecular complexity index is 259. The van der Waals surface area contributed by atoms with Crippen LogP contribution in [0.15, 0.2) is 12.7 Å². The lowest BCUT2D eigenvalue weighted by molar-refractivity contribution is 0.297. The molecule has 1 aliphatic heterocycles. The number of hydrogen-bond acceptors (Lipinski definition) is 1. The van der Waals surface area contributed by atoms with Crippen molar-refractivity contribution in [3.05, 3.63) is 12.7 Å². The maximum Gasteiger partial charge on any atom is 0.0727 e. The molecule has 1 fully saturated rings. The number of allylic oxidation sites excluding steroid dienone is 1. The molecule has 0 aliphatic carbocycles. The van der Waals surface area contributed by atoms with E-state index in [0.29, 0.717) is 0 Å². The molecule has 0 bridgehead atoms. The quantitative estimate of drug-likeness (QED) is 0.368. The summed E-state index contributed by atoms with van der Waals surface area (Å²) >= 11 is 0. The fraction of sp³-hybridized carbons (Fsp3) is 0.900. The molecule has 0 unspecified atom stereocenters. The van der Waals surface area contributed by atoms with Crippen molar-refractivity contribution in [3.63, 3.8) is 0 Å². The van der Waals surface area contributed by atoms with Gasteiger partial charge in [-0.3, -0.25) is 0 Å². The van der Waals surface area contributed by atoms with Crippen LogP contribution in [0.25, 0.3) is 0 Å². The van der Waals surface area contributed by atoms with Crippen LogP contribution in [-0.2, 0) is 0 Å². The Morgan fingerprint density at radius 2 is 1.27 bits per heavy atom. The molecule has 1 rings (SSSR count). The van der Waals surface area contributed by atoms with E-state index < -0.39 is 8.07 Å². The first-order valence-corrected chi connectivity index (χ1v) is 12.9. The summed E-state index contributed by atoms with van der Waals surface area (Å²) in [5.41, 5.74) is 0. The van der Waals surface area contributed by atoms with E-state index in [0.717, 1.165) is 0 Å². The predicted molar refractivity (Wildman–Crippen MR) is 104 cm³/mol. The summed E-state index contributed by atoms with van der Waals surface area (Å²) in [4.78, 5) is 2.87. The molecule has 0 N–H and O–H groups in total. The van der Waals surface area contributed by atoms with Crippen molar-refractivity contribution in [1.29, 1.82) is 0 Å². The molecule has 22 heavy (non-hydrogen) atoms. The van der Waals surface area contributed by atoms with Crippen LogP contribution in [0.5, 0.6) is 0 Å². The molecule has 0 aromatic heterocycles. The maximum absolute atomic E-state index is 4.09. The van der Waals surface area contributed by atoms with Gasteiger partial charge in [-0.05, 0) is 38.1 Å². The van der Waals surface area contributed by atoms with Crippen LogP contribution in [0.4, 0.5) is 0 Å². The van der Waals surface area contributed by atoms with Crippen molar-refractivity contribution >= 4 is 8.07 Å². The molecule has 1 nitrogen and oxygen atoms in total. The van der Waals surface area contributed by atoms with Crippen LogP contribution < -0.4 is 0 Å². The number of hydrogen-bond donors (Lipinski definition) is 0. The fourth-order valence-corrected chi connectivity index (χ4v) is 9.50. The Kier molecular flexibility index (Phi) is 11.2. The zero-order chi connectivity index (χ0) is 16.1. The molecule has 1 heterocycles. The van der Waals surface area contributed by atoms with Gasteiger partial charge in [0, 0.05) is 0 Å². The second-order valence-electron chi connectivity index (χ2n) is 7.60. The first-order valence-electron chi connectivity index (χ1n) is 10.1. The van der Waals surface area contributed by atoms with Gasteiger partial charge in [-0.1, -0.05) is 83.4 Å². The fourth-order valence-electron chi connectivity index (χ4n) is 4.39. The van der Waals surface area contributed by atoms with E-state index in [2.05, 4.69) is 31.4 Å². The van der Waals surface area contributed by atoms with Gasteiger partial charge in [0.15, 0.2) is 0 Å². The molecule has 2 heteroatoms. The van der Waals surface area contributed by atoms with Gasteiger partial charge in [0.25, 0.3) is 0 Å². The zero-order valence-corrected chi connectivity index (χ0v) is 16.5. The minimum Gasteiger partial charge on any atom is -0.306 e. The second-order valence-corrected chi connectivity index (χ2v) is 12.3. The first-order chi connectivity index (χ1) is 10.8. The van der Waals surface area contributed by atoms with Crippen LogP contribution in [0, 0.1) is 0 Å². The molecular formula is C20H41NSi. The highest BCUT2D eigenvalue weighted by atomic mass is 28.3. The smallest absolute Gasteiger partial charge is 0.0727 e. The van der Waals surface area contributed by atoms with E-state index in [4.69, 9.17) is 0 Å². The van der Waals surface area contributed by atoms with Gasteiger partial charge < -0.3 is 4.90 Å². The van der Waals surface area contributed by atoms with Crippen molar-refractivity contribution in [2.75, 3.05) is 19.3 Å². The summed E-state index contributed by atoms with van der Waals surface area (Å²) in [7, 11) is -1.16. The minimum atomic E-state index is -1.16. The summed E-state index contributed by atoms with van der Waals surface area (Å²) in [6, 6.07) is 4.35. The standard InChI is InChI=1S/C20H41NSi/c1-4-17-22(18-5-2,19-6-3)20-21-15-13-11-9-7-8-10-12-14-16-21/h4H,1,5-20H2,2-3H3. The molecule has 0 amide bonds. The van der Waals surface area contributed by atoms with E-state index in [-0.39, 0.29) is 0 Å². The highest BCUT2D eigenvalue weighted by Crippen LogP contribution is 2.27. The van der Waals surface area contributed by atoms with Gasteiger partial charge in [0.05, 0.1) is 8.07 Å². The molecule has 0 radical (unpaired) electrons. The summed E-state index contributed by atoms with van der Waals surface area (Å²) in [6.07, 6.45) is 18.1. The molecule has 0 aromatic rings. The van der Waals surface area contributed by atoms with Crippen LogP contribution >= 0.6 is 0 Å². The third-order valence-corrected chi connectivity index (χ3v) is 10.8. The van der Waals surface area contributed by atoms with Crippen LogP contribution in [-0.4, -0.2) is 32.2 Å². The predicted octanol–water partition coefficient (Wildman–Crippen LogP) is 6.42. The first kappa shape index (κ1) is 20.0. The van der Waals surface area contributed by atoms with Crippen molar-refractivity contribution in [3.8, 4) is 0 Å². The molecule has 0 aromatic carbocycles. The second kappa shape index (κ2) is 12.4. The number of nitrogens with zero attached hydrogens (tertiary/aromatic N) is 1. The lowest BCUT2D eigenvalue weighted by Crippen LogP contribution is -2.47. The molecule has 0 spiro atoms. The minimum absolute atomic E-state index is 1.16. The largest absolute Gasteiger partial charge is 0.306 e. The summed E-state index contributed by atoms with van der Waals surface area (Å²) < 4.78 is 0. The van der Waals surface area contributed by atoms with Crippen LogP contribution in [0.3, 0.4) is 0 Å². The van der Waals surface area contributed by atoms with E-state index in [1.807, 2.05) is 0 Å². The highest BCUT2D eigenvalue weighted by Gasteiger charge is 2.31. The Morgan fingerprint density at radius 1 is 0.818 bits per heavy atom. The Balaban J connectivity index is 2.65. The van der Waals surface area contributed by atoms with Gasteiger partial charge in [-0.15, -0.1) is 6.58 Å². The molecule has 0 saturated carbocycles. The Labute approximate surface area is 141 Å². The monoisotopic (exact) mass is 323 g/mol. The Hall–Kier alpha value is -0.0831. The molecule has 130 valence electrons. The SMILES string of the molecule is C=CC[Si](CCC)(CCC)CN1CCCCCCCCCC1. The average Bonchev–Trinajstić information content (AvgIpc) is 2.54. The average molecular weight is 324 g/mol. The normalized spacial score (nSPS) is 19.5. The van der Waals surface area contributed by atoms with Crippen molar-refractivity contribution in [1.82, 2.24) is 4.90 Å². The van der Waals surface area contributed by atoms with E-state index >= 15 is 0 Å². The van der Waals surface area contributed by atoms with Gasteiger partial charge >= 0.3 is 0 Å². The van der Waals surface area contributed by atoms with E-state index in [9.17, 15) is 0 Å². The number of rotatable bonds is 8. The summed E-state index contributed by atoms with van der Waals surface area (Å²) in [6.45, 7) is 11.6. The molecule has 0 atom stereocenters. The lowest BCUT2D eigenvalue weighted by Gasteiger charge is -2.36. The third kappa shape index (κ3) is 7.96. The van der Waals surface area contributed by atoms with Gasteiger partial charge in [0.1, 0.15) is 0 Å². The van der Waals surface area contributed by atoms with Crippen LogP contribution in [0.1, 0.15) is 78.1 Å². The van der Waals surface area contributed by atoms with Crippen molar-refractivity contribution < 1.29 is 0 Å². The van der Waals surface area contributed by atoms with E-state index in [1.54, 1.807) is 0 Å². The molecule has 1 aliphatic rings. The lowest BCUT2D eigenvalue weighted by atomic mass is 10.1. The zero-order valence-electron chi connectivity index (χ0n) is 15.5. The van der Waals surface area contributed by atoms with Crippen molar-refractivity contribution in [2.24, 2.45) is 0 Å². The van der Waals surface area contributed by atoms with Gasteiger partial charge in [0.2, 0.25) is 0 Å². The van der Waals surface area contributed by atoms with Crippen LogP contribution in [0.2, 0.25) is 18.1 Å². The van der Waals surface area contributed by atoms with Gasteiger partial charge in [-0.2, -0.15) is 0 Å². The third-order valence-electron chi connectivity index (χ3n) is 5.40. The topological polar surface area (TPSA) is 3.24 Å². The maximum atomic E-state index is 4.09. The highest BCUT2D eigenvalue weighted by molar-refractivity contribution is 6.80. The molecule has 1 saturated heterocycles. The Morgan fingerprint density at radius 3 is 1.68 bits per heavy atom. The van der Waals surface area contributed by atoms with Crippen molar-refractivity contribution in [2.45, 2.75) is 96.2 Å².